The Balaban J connectivity index is 1.33. The highest BCUT2D eigenvalue weighted by atomic mass is 32.1. The minimum absolute atomic E-state index is 0.0651. The number of hydrogen-bond donors (Lipinski definition) is 2. The van der Waals surface area contributed by atoms with Gasteiger partial charge >= 0.3 is 0 Å². The largest absolute Gasteiger partial charge is 0.389 e. The molecule has 1 amide bonds. The molecule has 3 aliphatic rings. The molecule has 12 nitrogen and oxygen atoms in total. The maximum atomic E-state index is 12.1. The third-order valence-corrected chi connectivity index (χ3v) is 10.0. The average molecular weight is 589 g/mol. The Morgan fingerprint density at radius 1 is 1.31 bits per heavy atom. The number of anilines is 3. The predicted molar refractivity (Wildman–Crippen MR) is 161 cm³/mol. The number of amides is 1. The number of likely N-dealkylation sites (tertiary alicyclic amines) is 1. The number of nitrogens with zero attached hydrogens (tertiary/aromatic N) is 8. The molecule has 1 aliphatic carbocycles. The Morgan fingerprint density at radius 3 is 2.79 bits per heavy atom. The Hall–Kier alpha value is -4.02. The first kappa shape index (κ1) is 28.1. The number of hydrogen-bond acceptors (Lipinski definition) is 12. The van der Waals surface area contributed by atoms with E-state index in [-0.39, 0.29) is 11.9 Å². The molecule has 13 heteroatoms. The van der Waals surface area contributed by atoms with Gasteiger partial charge in [0.2, 0.25) is 23.6 Å². The summed E-state index contributed by atoms with van der Waals surface area (Å²) in [7, 11) is 2.15. The number of nitrogens with two attached hydrogens (primary N) is 1. The minimum atomic E-state index is -0.605. The molecule has 2 saturated heterocycles. The highest BCUT2D eigenvalue weighted by molar-refractivity contribution is 7.16. The first-order chi connectivity index (χ1) is 20.2. The maximum absolute atomic E-state index is 12.1. The fraction of sp³-hybridized carbons (Fsp3) is 0.517. The molecule has 5 heterocycles. The van der Waals surface area contributed by atoms with Crippen molar-refractivity contribution in [2.75, 3.05) is 55.7 Å². The monoisotopic (exact) mass is 588 g/mol. The molecule has 3 atom stereocenters. The van der Waals surface area contributed by atoms with Crippen LogP contribution in [0.15, 0.2) is 23.2 Å². The number of nitrogens with one attached hydrogen (secondary N) is 1. The number of fused-ring (bicyclic) bond motifs is 1. The van der Waals surface area contributed by atoms with E-state index in [2.05, 4.69) is 46.9 Å². The van der Waals surface area contributed by atoms with Gasteiger partial charge in [0.25, 0.3) is 0 Å². The lowest BCUT2D eigenvalue weighted by Gasteiger charge is -2.35. The maximum Gasteiger partial charge on any atom is 0.246 e. The molecule has 0 bridgehead atoms. The highest BCUT2D eigenvalue weighted by Gasteiger charge is 2.45. The lowest BCUT2D eigenvalue weighted by atomic mass is 9.83. The highest BCUT2D eigenvalue weighted by Crippen LogP contribution is 2.50. The summed E-state index contributed by atoms with van der Waals surface area (Å²) in [5, 5.41) is 18.2. The van der Waals surface area contributed by atoms with E-state index in [4.69, 9.17) is 25.2 Å². The molecule has 3 aromatic heterocycles. The minimum Gasteiger partial charge on any atom is -0.389 e. The van der Waals surface area contributed by atoms with Gasteiger partial charge in [0.15, 0.2) is 0 Å². The van der Waals surface area contributed by atoms with E-state index in [1.807, 2.05) is 13.0 Å². The summed E-state index contributed by atoms with van der Waals surface area (Å²) in [4.78, 5) is 34.1. The van der Waals surface area contributed by atoms with Gasteiger partial charge in [0, 0.05) is 54.8 Å². The van der Waals surface area contributed by atoms with Crippen LogP contribution >= 0.6 is 11.3 Å². The van der Waals surface area contributed by atoms with Gasteiger partial charge in [-0.15, -0.1) is 11.3 Å². The fourth-order valence-corrected chi connectivity index (χ4v) is 7.70. The second-order valence-corrected chi connectivity index (χ2v) is 12.7. The van der Waals surface area contributed by atoms with Crippen LogP contribution in [0, 0.1) is 11.3 Å². The van der Waals surface area contributed by atoms with Gasteiger partial charge < -0.3 is 30.3 Å². The molecule has 6 rings (SSSR count). The van der Waals surface area contributed by atoms with Crippen LogP contribution < -0.4 is 16.0 Å². The van der Waals surface area contributed by atoms with Crippen molar-refractivity contribution in [3.63, 3.8) is 0 Å². The zero-order chi connectivity index (χ0) is 29.6. The lowest BCUT2D eigenvalue weighted by molar-refractivity contribution is -0.126. The first-order valence-electron chi connectivity index (χ1n) is 14.4. The van der Waals surface area contributed by atoms with Crippen LogP contribution in [0.5, 0.6) is 0 Å². The van der Waals surface area contributed by atoms with E-state index in [0.29, 0.717) is 66.1 Å². The van der Waals surface area contributed by atoms with Gasteiger partial charge in [-0.1, -0.05) is 11.7 Å². The summed E-state index contributed by atoms with van der Waals surface area (Å²) < 4.78 is 5.86. The average Bonchev–Trinajstić information content (AvgIpc) is 3.78. The molecular weight excluding hydrogens is 552 g/mol. The van der Waals surface area contributed by atoms with Crippen LogP contribution in [0.2, 0.25) is 0 Å². The van der Waals surface area contributed by atoms with E-state index >= 15 is 0 Å². The lowest BCUT2D eigenvalue weighted by Crippen LogP contribution is -2.48. The van der Waals surface area contributed by atoms with Crippen LogP contribution in [-0.4, -0.2) is 87.7 Å². The number of likely N-dealkylation sites (N-methyl/N-ethyl adjacent to an activating group) is 1. The smallest absolute Gasteiger partial charge is 0.246 e. The third-order valence-electron chi connectivity index (χ3n) is 8.96. The van der Waals surface area contributed by atoms with Crippen molar-refractivity contribution in [3.8, 4) is 17.6 Å². The predicted octanol–water partition coefficient (Wildman–Crippen LogP) is 3.02. The fourth-order valence-electron chi connectivity index (χ4n) is 6.55. The number of nitrogen functional groups attached to an aromatic ring is 1. The second kappa shape index (κ2) is 11.0. The van der Waals surface area contributed by atoms with Gasteiger partial charge in [-0.3, -0.25) is 4.79 Å². The second-order valence-electron chi connectivity index (χ2n) is 11.6. The zero-order valence-electron chi connectivity index (χ0n) is 24.3. The van der Waals surface area contributed by atoms with E-state index in [1.165, 1.54) is 23.8 Å². The molecule has 2 aliphatic heterocycles. The van der Waals surface area contributed by atoms with E-state index < -0.39 is 5.41 Å². The first-order valence-corrected chi connectivity index (χ1v) is 15.2. The topological polar surface area (TPSA) is 153 Å². The van der Waals surface area contributed by atoms with Gasteiger partial charge in [-0.05, 0) is 59.2 Å². The molecule has 0 radical (unpaired) electrons. The van der Waals surface area contributed by atoms with Crippen LogP contribution in [0.25, 0.3) is 11.5 Å². The number of piperazine rings is 1. The molecule has 42 heavy (non-hydrogen) atoms. The number of aromatic nitrogens is 4. The van der Waals surface area contributed by atoms with E-state index in [0.717, 1.165) is 42.1 Å². The summed E-state index contributed by atoms with van der Waals surface area (Å²) in [6.07, 6.45) is 5.20. The van der Waals surface area contributed by atoms with Gasteiger partial charge in [0.1, 0.15) is 22.6 Å². The standard InChI is InChI=1S/C29H36N10O2S/c1-5-23(40)39-13-11-38(12-14-39)22-15-19(33-28(34-22)32-17(2)20-7-6-10-37(20)4)26-35-27(41-36-26)29(3)9-8-21-24(29)18(16-30)25(31)42-21/h5,15,17,20H,1,6-14,31H2,2-4H3,(H,32,33,34)/t17-,20-,29-/m0/s1. The van der Waals surface area contributed by atoms with Crippen LogP contribution in [0.4, 0.5) is 16.8 Å². The Labute approximate surface area is 249 Å². The van der Waals surface area contributed by atoms with Crippen molar-refractivity contribution in [3.05, 3.63) is 40.6 Å². The Morgan fingerprint density at radius 2 is 2.10 bits per heavy atom. The quantitative estimate of drug-likeness (QED) is 0.392. The van der Waals surface area contributed by atoms with Crippen molar-refractivity contribution >= 4 is 34.0 Å². The molecule has 220 valence electrons. The summed E-state index contributed by atoms with van der Waals surface area (Å²) >= 11 is 1.46. The van der Waals surface area contributed by atoms with Crippen molar-refractivity contribution in [2.45, 2.75) is 57.0 Å². The number of thiophene rings is 1. The number of rotatable bonds is 7. The summed E-state index contributed by atoms with van der Waals surface area (Å²) in [6, 6.07) is 4.67. The van der Waals surface area contributed by atoms with Crippen LogP contribution in [0.1, 0.15) is 55.0 Å². The van der Waals surface area contributed by atoms with Gasteiger partial charge in [-0.2, -0.15) is 15.2 Å². The van der Waals surface area contributed by atoms with Gasteiger partial charge in [-0.25, -0.2) is 4.98 Å². The molecule has 0 unspecified atom stereocenters. The molecule has 3 aromatic rings. The summed E-state index contributed by atoms with van der Waals surface area (Å²) in [6.45, 7) is 11.3. The third kappa shape index (κ3) is 4.88. The normalized spacial score (nSPS) is 23.0. The van der Waals surface area contributed by atoms with Crippen molar-refractivity contribution in [2.24, 2.45) is 0 Å². The van der Waals surface area contributed by atoms with Crippen molar-refractivity contribution in [1.82, 2.24) is 29.9 Å². The molecule has 0 aromatic carbocycles. The number of carbonyl (C=O) groups is 1. The molecule has 0 saturated carbocycles. The van der Waals surface area contributed by atoms with E-state index in [9.17, 15) is 10.1 Å². The Kier molecular flexibility index (Phi) is 7.36. The molecule has 2 fully saturated rings. The number of aryl methyl sites for hydroxylation is 1. The molecule has 3 N–H and O–H groups in total. The summed E-state index contributed by atoms with van der Waals surface area (Å²) in [5.41, 5.74) is 7.50. The van der Waals surface area contributed by atoms with Gasteiger partial charge in [0.05, 0.1) is 11.0 Å². The van der Waals surface area contributed by atoms with Crippen LogP contribution in [-0.2, 0) is 16.6 Å². The zero-order valence-corrected chi connectivity index (χ0v) is 25.1. The SMILES string of the molecule is C=CC(=O)N1CCN(c2cc(-c3noc([C@@]4(C)CCc5sc(N)c(C#N)c54)n3)nc(N[C@@H](C)[C@@H]3CCCN3C)n2)CC1. The summed E-state index contributed by atoms with van der Waals surface area (Å²) in [5.74, 6) is 1.97. The molecule has 0 spiro atoms. The molecular formula is C29H36N10O2S. The van der Waals surface area contributed by atoms with Crippen LogP contribution in [0.3, 0.4) is 0 Å². The van der Waals surface area contributed by atoms with E-state index in [1.54, 1.807) is 4.90 Å². The van der Waals surface area contributed by atoms with Crippen molar-refractivity contribution < 1.29 is 9.32 Å². The number of carbonyl (C=O) groups excluding carboxylic acids is 1. The van der Waals surface area contributed by atoms with Crippen molar-refractivity contribution in [1.29, 1.82) is 5.26 Å². The number of nitriles is 1. The Bertz CT molecular complexity index is 1550.